The minimum atomic E-state index is -0.735. The van der Waals surface area contributed by atoms with Gasteiger partial charge in [-0.1, -0.05) is 145 Å². The van der Waals surface area contributed by atoms with E-state index in [0.29, 0.717) is 29.6 Å². The lowest BCUT2D eigenvalue weighted by Crippen LogP contribution is -2.57. The molecule has 0 saturated heterocycles. The van der Waals surface area contributed by atoms with Crippen LogP contribution in [0.2, 0.25) is 0 Å². The zero-order valence-corrected chi connectivity index (χ0v) is 31.8. The zero-order chi connectivity index (χ0) is 33.6. The second-order valence-corrected chi connectivity index (χ2v) is 15.2. The summed E-state index contributed by atoms with van der Waals surface area (Å²) >= 11 is 0. The van der Waals surface area contributed by atoms with E-state index in [1.165, 1.54) is 89.9 Å². The van der Waals surface area contributed by atoms with E-state index in [-0.39, 0.29) is 34.0 Å². The van der Waals surface area contributed by atoms with E-state index in [9.17, 15) is 15.3 Å². The Morgan fingerprint density at radius 1 is 0.717 bits per heavy atom. The van der Waals surface area contributed by atoms with E-state index in [2.05, 4.69) is 57.5 Å². The van der Waals surface area contributed by atoms with Crippen LogP contribution >= 0.6 is 0 Å². The SMILES string of the molecule is CC.CCCC[C@@H](CC(O)C(CC1CCCCC1)NC[C@H](CC)NC(O)C(CC(C)C)N[C@@H](O)CC1CCCCC1)C(C)CC.O.[HH].[HH].[HH]. The lowest BCUT2D eigenvalue weighted by molar-refractivity contribution is 0.0206. The monoisotopic (exact) mass is 664 g/mol. The Morgan fingerprint density at radius 2 is 1.28 bits per heavy atom. The zero-order valence-electron chi connectivity index (χ0n) is 31.8. The molecule has 0 aromatic rings. The highest BCUT2D eigenvalue weighted by Crippen LogP contribution is 2.32. The summed E-state index contributed by atoms with van der Waals surface area (Å²) < 4.78 is 0. The molecule has 46 heavy (non-hydrogen) atoms. The molecular weight excluding hydrogens is 574 g/mol. The Hall–Kier alpha value is -0.280. The summed E-state index contributed by atoms with van der Waals surface area (Å²) in [5.74, 6) is 2.90. The van der Waals surface area contributed by atoms with E-state index in [4.69, 9.17) is 0 Å². The van der Waals surface area contributed by atoms with Gasteiger partial charge in [-0.15, -0.1) is 0 Å². The van der Waals surface area contributed by atoms with Gasteiger partial charge in [0.15, 0.2) is 0 Å². The summed E-state index contributed by atoms with van der Waals surface area (Å²) in [6.45, 7) is 18.2. The molecule has 0 spiro atoms. The highest BCUT2D eigenvalue weighted by molar-refractivity contribution is 4.87. The summed E-state index contributed by atoms with van der Waals surface area (Å²) in [6.07, 6.45) is 20.4. The normalized spacial score (nSPS) is 21.7. The minimum Gasteiger partial charge on any atom is -0.412 e. The maximum absolute atomic E-state index is 11.7. The lowest BCUT2D eigenvalue weighted by atomic mass is 9.79. The predicted octanol–water partition coefficient (Wildman–Crippen LogP) is 8.44. The fraction of sp³-hybridized carbons (Fsp3) is 1.00. The molecule has 2 aliphatic rings. The van der Waals surface area contributed by atoms with Crippen molar-refractivity contribution in [3.63, 3.8) is 0 Å². The van der Waals surface area contributed by atoms with E-state index in [1.54, 1.807) is 0 Å². The fourth-order valence-electron chi connectivity index (χ4n) is 7.89. The van der Waals surface area contributed by atoms with Crippen LogP contribution in [0.5, 0.6) is 0 Å². The smallest absolute Gasteiger partial charge is 0.120 e. The van der Waals surface area contributed by atoms with Crippen molar-refractivity contribution in [3.8, 4) is 0 Å². The third kappa shape index (κ3) is 19.0. The van der Waals surface area contributed by atoms with E-state index in [1.807, 2.05) is 13.8 Å². The summed E-state index contributed by atoms with van der Waals surface area (Å²) in [6, 6.07) is -0.0224. The second-order valence-electron chi connectivity index (χ2n) is 15.2. The number of hydrogen-bond acceptors (Lipinski definition) is 6. The second kappa shape index (κ2) is 27.5. The van der Waals surface area contributed by atoms with Gasteiger partial charge < -0.3 is 26.1 Å². The molecule has 0 aromatic heterocycles. The number of rotatable bonds is 23. The molecule has 2 fully saturated rings. The van der Waals surface area contributed by atoms with Gasteiger partial charge in [-0.2, -0.15) is 0 Å². The van der Waals surface area contributed by atoms with E-state index < -0.39 is 12.5 Å². The molecule has 284 valence electrons. The van der Waals surface area contributed by atoms with Gasteiger partial charge in [0.2, 0.25) is 0 Å². The van der Waals surface area contributed by atoms with E-state index in [0.717, 1.165) is 38.6 Å². The van der Waals surface area contributed by atoms with Gasteiger partial charge in [-0.05, 0) is 61.7 Å². The van der Waals surface area contributed by atoms with Crippen molar-refractivity contribution in [2.24, 2.45) is 29.6 Å². The van der Waals surface area contributed by atoms with Crippen LogP contribution in [0, 0.1) is 29.6 Å². The van der Waals surface area contributed by atoms with Crippen LogP contribution in [0.3, 0.4) is 0 Å². The van der Waals surface area contributed by atoms with Crippen molar-refractivity contribution in [2.75, 3.05) is 6.54 Å². The first-order valence-electron chi connectivity index (χ1n) is 20.0. The Labute approximate surface area is 291 Å². The standard InChI is InChI=1S/C37H75N3O3.C2H6.H2O.3H2/c1-7-10-21-31(28(6)8-2)25-35(41)33(23-29-17-13-11-14-18-29)38-26-32(9-3)39-37(43)34(22-27(4)5)40-36(42)24-30-19-15-12-16-20-30;1-2;;;;/h27-43H,7-26H2,1-6H3;1-2H3;1H2;3*1H/t28?,31-,32-,33?,34?,35?,36-,37?;;;;;/m0...../s1. The van der Waals surface area contributed by atoms with Gasteiger partial charge in [-0.3, -0.25) is 10.6 Å². The molecular formula is C39H89N3O4. The quantitative estimate of drug-likeness (QED) is 0.0609. The maximum atomic E-state index is 11.7. The largest absolute Gasteiger partial charge is 0.412 e. The van der Waals surface area contributed by atoms with E-state index >= 15 is 0 Å². The lowest BCUT2D eigenvalue weighted by Gasteiger charge is -2.35. The first-order chi connectivity index (χ1) is 21.7. The first-order valence-corrected chi connectivity index (χ1v) is 20.0. The Balaban J connectivity index is -0.00000165. The average molecular weight is 664 g/mol. The number of hydrogen-bond donors (Lipinski definition) is 6. The van der Waals surface area contributed by atoms with Crippen molar-refractivity contribution >= 4 is 0 Å². The maximum Gasteiger partial charge on any atom is 0.120 e. The number of unbranched alkanes of at least 4 members (excludes halogenated alkanes) is 1. The third-order valence-electron chi connectivity index (χ3n) is 11.0. The Kier molecular flexibility index (Phi) is 27.4. The fourth-order valence-corrected chi connectivity index (χ4v) is 7.89. The van der Waals surface area contributed by atoms with Crippen molar-refractivity contribution in [1.82, 2.24) is 16.0 Å². The molecule has 2 saturated carbocycles. The van der Waals surface area contributed by atoms with Crippen LogP contribution in [-0.4, -0.2) is 64.0 Å². The molecule has 0 radical (unpaired) electrons. The first kappa shape index (κ1) is 45.7. The summed E-state index contributed by atoms with van der Waals surface area (Å²) in [5.41, 5.74) is 0. The topological polar surface area (TPSA) is 128 Å². The summed E-state index contributed by atoms with van der Waals surface area (Å²) in [7, 11) is 0. The number of aliphatic hydroxyl groups is 3. The van der Waals surface area contributed by atoms with Crippen LogP contribution in [0.25, 0.3) is 0 Å². The van der Waals surface area contributed by atoms with Crippen LogP contribution in [-0.2, 0) is 0 Å². The number of aliphatic hydroxyl groups excluding tert-OH is 3. The van der Waals surface area contributed by atoms with Crippen molar-refractivity contribution in [3.05, 3.63) is 0 Å². The van der Waals surface area contributed by atoms with Crippen LogP contribution in [0.1, 0.15) is 182 Å². The minimum absolute atomic E-state index is 0. The molecule has 5 unspecified atom stereocenters. The third-order valence-corrected chi connectivity index (χ3v) is 11.0. The molecule has 8 atom stereocenters. The highest BCUT2D eigenvalue weighted by Gasteiger charge is 2.30. The summed E-state index contributed by atoms with van der Waals surface area (Å²) in [5, 5.41) is 44.7. The highest BCUT2D eigenvalue weighted by atomic mass is 16.3. The van der Waals surface area contributed by atoms with Gasteiger partial charge in [-0.25, -0.2) is 0 Å². The molecule has 0 amide bonds. The molecule has 0 heterocycles. The molecule has 0 aliphatic heterocycles. The van der Waals surface area contributed by atoms with Crippen LogP contribution in [0.4, 0.5) is 0 Å². The van der Waals surface area contributed by atoms with Crippen molar-refractivity contribution < 1.29 is 25.1 Å². The molecule has 7 nitrogen and oxygen atoms in total. The van der Waals surface area contributed by atoms with Gasteiger partial charge in [0, 0.05) is 29.0 Å². The van der Waals surface area contributed by atoms with Crippen LogP contribution < -0.4 is 16.0 Å². The van der Waals surface area contributed by atoms with Crippen LogP contribution in [0.15, 0.2) is 0 Å². The molecule has 0 bridgehead atoms. The van der Waals surface area contributed by atoms with Crippen molar-refractivity contribution in [2.45, 2.75) is 214 Å². The van der Waals surface area contributed by atoms with Gasteiger partial charge >= 0.3 is 0 Å². The Bertz CT molecular complexity index is 688. The van der Waals surface area contributed by atoms with Crippen molar-refractivity contribution in [1.29, 1.82) is 0 Å². The summed E-state index contributed by atoms with van der Waals surface area (Å²) in [4.78, 5) is 0. The molecule has 2 rings (SSSR count). The molecule has 0 aromatic carbocycles. The molecule has 8 N–H and O–H groups in total. The number of nitrogens with one attached hydrogen (secondary N) is 3. The van der Waals surface area contributed by atoms with Gasteiger partial charge in [0.1, 0.15) is 12.5 Å². The van der Waals surface area contributed by atoms with Gasteiger partial charge in [0.25, 0.3) is 0 Å². The molecule has 7 heteroatoms. The molecule has 2 aliphatic carbocycles. The average Bonchev–Trinajstić information content (AvgIpc) is 3.04. The predicted molar refractivity (Wildman–Crippen MR) is 204 cm³/mol. The van der Waals surface area contributed by atoms with Gasteiger partial charge in [0.05, 0.1) is 6.10 Å². The Morgan fingerprint density at radius 3 is 1.78 bits per heavy atom.